The molecule has 0 fully saturated rings. The summed E-state index contributed by atoms with van der Waals surface area (Å²) in [7, 11) is 0. The fourth-order valence-corrected chi connectivity index (χ4v) is 2.33. The van der Waals surface area contributed by atoms with Crippen molar-refractivity contribution in [3.05, 3.63) is 43.2 Å². The van der Waals surface area contributed by atoms with Crippen LogP contribution in [0.15, 0.2) is 18.2 Å². The van der Waals surface area contributed by atoms with E-state index >= 15 is 0 Å². The van der Waals surface area contributed by atoms with Crippen molar-refractivity contribution >= 4 is 0 Å². The van der Waals surface area contributed by atoms with Crippen LogP contribution in [-0.2, 0) is 39.1 Å². The average Bonchev–Trinajstić information content (AvgIpc) is 2.39. The smallest absolute Gasteiger partial charge is 0.122 e. The molecule has 1 radical (unpaired) electrons. The molecule has 1 aromatic rings. The summed E-state index contributed by atoms with van der Waals surface area (Å²) in [5, 5.41) is 0. The van der Waals surface area contributed by atoms with Gasteiger partial charge in [-0.3, -0.25) is 0 Å². The molecule has 0 saturated heterocycles. The van der Waals surface area contributed by atoms with E-state index in [0.717, 1.165) is 38.3 Å². The van der Waals surface area contributed by atoms with Crippen molar-refractivity contribution in [1.82, 2.24) is 4.90 Å². The van der Waals surface area contributed by atoms with E-state index in [0.29, 0.717) is 6.04 Å². The van der Waals surface area contributed by atoms with Crippen molar-refractivity contribution in [3.63, 3.8) is 0 Å². The summed E-state index contributed by atoms with van der Waals surface area (Å²) in [5.41, 5.74) is 2.63. The van der Waals surface area contributed by atoms with Gasteiger partial charge in [0.15, 0.2) is 0 Å². The third-order valence-electron chi connectivity index (χ3n) is 3.54. The van der Waals surface area contributed by atoms with Crippen LogP contribution in [0.25, 0.3) is 0 Å². The molecule has 0 N–H and O–H groups in total. The van der Waals surface area contributed by atoms with Gasteiger partial charge in [-0.25, -0.2) is 0 Å². The molecule has 1 aliphatic heterocycles. The SMILES string of the molecule is [CH2-]CN(C[CH2-])[C@@H](C)c1ccc2c(c1)OCCC2.[Y]. The summed E-state index contributed by atoms with van der Waals surface area (Å²) in [4.78, 5) is 2.24. The number of fused-ring (bicyclic) bond motifs is 1. The van der Waals surface area contributed by atoms with Crippen LogP contribution in [0.4, 0.5) is 0 Å². The summed E-state index contributed by atoms with van der Waals surface area (Å²) >= 11 is 0. The van der Waals surface area contributed by atoms with Gasteiger partial charge < -0.3 is 23.5 Å². The van der Waals surface area contributed by atoms with Gasteiger partial charge in [0, 0.05) is 38.8 Å². The minimum Gasteiger partial charge on any atom is -0.493 e. The molecule has 2 nitrogen and oxygen atoms in total. The van der Waals surface area contributed by atoms with Crippen molar-refractivity contribution in [1.29, 1.82) is 0 Å². The Morgan fingerprint density at radius 3 is 2.72 bits per heavy atom. The molecule has 0 unspecified atom stereocenters. The van der Waals surface area contributed by atoms with Crippen LogP contribution < -0.4 is 4.74 Å². The average molecular weight is 320 g/mol. The van der Waals surface area contributed by atoms with Gasteiger partial charge in [0.25, 0.3) is 0 Å². The molecular weight excluding hydrogens is 299 g/mol. The quantitative estimate of drug-likeness (QED) is 0.791. The second-order valence-corrected chi connectivity index (χ2v) is 4.53. The number of rotatable bonds is 4. The van der Waals surface area contributed by atoms with E-state index < -0.39 is 0 Å². The minimum absolute atomic E-state index is 0. The number of hydrogen-bond acceptors (Lipinski definition) is 2. The monoisotopic (exact) mass is 320 g/mol. The van der Waals surface area contributed by atoms with Gasteiger partial charge in [0.2, 0.25) is 0 Å². The molecule has 18 heavy (non-hydrogen) atoms. The van der Waals surface area contributed by atoms with Crippen LogP contribution in [0.1, 0.15) is 30.5 Å². The Hall–Kier alpha value is 0.0839. The molecular formula is C15H21NOY-2. The molecule has 1 atom stereocenters. The molecule has 0 aromatic heterocycles. The Morgan fingerprint density at radius 1 is 1.33 bits per heavy atom. The zero-order valence-corrected chi connectivity index (χ0v) is 14.0. The zero-order chi connectivity index (χ0) is 12.3. The largest absolute Gasteiger partial charge is 0.493 e. The molecule has 1 heterocycles. The van der Waals surface area contributed by atoms with Gasteiger partial charge in [-0.15, -0.1) is 13.1 Å². The standard InChI is InChI=1S/C15H21NO.Y/c1-4-16(5-2)12(3)14-9-8-13-7-6-10-17-15(13)11-14;/h8-9,11-12H,1-2,4-7,10H2,3H3;/q-2;/t12-;/m0./s1. The van der Waals surface area contributed by atoms with E-state index in [-0.39, 0.29) is 32.7 Å². The van der Waals surface area contributed by atoms with E-state index in [4.69, 9.17) is 4.74 Å². The van der Waals surface area contributed by atoms with Crippen LogP contribution in [-0.4, -0.2) is 24.6 Å². The van der Waals surface area contributed by atoms with E-state index in [9.17, 15) is 0 Å². The van der Waals surface area contributed by atoms with Crippen molar-refractivity contribution in [3.8, 4) is 5.75 Å². The van der Waals surface area contributed by atoms with Gasteiger partial charge in [-0.1, -0.05) is 12.1 Å². The number of ether oxygens (including phenoxy) is 1. The summed E-state index contributed by atoms with van der Waals surface area (Å²) in [5.74, 6) is 1.06. The summed E-state index contributed by atoms with van der Waals surface area (Å²) in [6.45, 7) is 12.5. The first-order valence-corrected chi connectivity index (χ1v) is 6.34. The molecule has 1 aromatic carbocycles. The maximum Gasteiger partial charge on any atom is 0.122 e. The zero-order valence-electron chi connectivity index (χ0n) is 11.2. The van der Waals surface area contributed by atoms with Crippen LogP contribution in [0.5, 0.6) is 5.75 Å². The van der Waals surface area contributed by atoms with E-state index in [2.05, 4.69) is 43.9 Å². The van der Waals surface area contributed by atoms with E-state index in [1.807, 2.05) is 0 Å². The normalized spacial score (nSPS) is 15.6. The Kier molecular flexibility index (Phi) is 6.83. The van der Waals surface area contributed by atoms with Crippen molar-refractivity contribution < 1.29 is 37.4 Å². The van der Waals surface area contributed by atoms with E-state index in [1.54, 1.807) is 0 Å². The third kappa shape index (κ3) is 3.56. The Bertz CT molecular complexity index is 377. The van der Waals surface area contributed by atoms with Crippen LogP contribution in [0.3, 0.4) is 0 Å². The second kappa shape index (κ2) is 7.62. The Labute approximate surface area is 136 Å². The molecule has 0 spiro atoms. The first kappa shape index (κ1) is 16.1. The summed E-state index contributed by atoms with van der Waals surface area (Å²) in [6, 6.07) is 6.93. The maximum absolute atomic E-state index is 5.71. The van der Waals surface area contributed by atoms with Crippen molar-refractivity contribution in [2.45, 2.75) is 25.8 Å². The number of benzene rings is 1. The van der Waals surface area contributed by atoms with Crippen LogP contribution >= 0.6 is 0 Å². The second-order valence-electron chi connectivity index (χ2n) is 4.53. The molecule has 1 aliphatic rings. The molecule has 0 amide bonds. The minimum atomic E-state index is 0. The first-order valence-electron chi connectivity index (χ1n) is 6.34. The number of aryl methyl sites for hydroxylation is 1. The van der Waals surface area contributed by atoms with Crippen molar-refractivity contribution in [2.24, 2.45) is 0 Å². The maximum atomic E-state index is 5.71. The molecule has 0 aliphatic carbocycles. The third-order valence-corrected chi connectivity index (χ3v) is 3.54. The molecule has 2 rings (SSSR count). The number of hydrogen-bond donors (Lipinski definition) is 0. The Morgan fingerprint density at radius 2 is 2.06 bits per heavy atom. The van der Waals surface area contributed by atoms with Gasteiger partial charge in [-0.2, -0.15) is 0 Å². The van der Waals surface area contributed by atoms with Crippen LogP contribution in [0.2, 0.25) is 0 Å². The van der Waals surface area contributed by atoms with E-state index in [1.165, 1.54) is 11.1 Å². The van der Waals surface area contributed by atoms with Gasteiger partial charge in [0.1, 0.15) is 5.75 Å². The predicted octanol–water partition coefficient (Wildman–Crippen LogP) is 3.04. The van der Waals surface area contributed by atoms with Crippen LogP contribution in [0, 0.1) is 13.8 Å². The molecule has 3 heteroatoms. The number of nitrogens with zero attached hydrogens (tertiary/aromatic N) is 1. The fourth-order valence-electron chi connectivity index (χ4n) is 2.33. The topological polar surface area (TPSA) is 12.5 Å². The van der Waals surface area contributed by atoms with Crippen molar-refractivity contribution in [2.75, 3.05) is 19.7 Å². The Balaban J connectivity index is 0.00000162. The summed E-state index contributed by atoms with van der Waals surface area (Å²) in [6.07, 6.45) is 2.27. The first-order chi connectivity index (χ1) is 8.26. The molecule has 0 saturated carbocycles. The molecule has 0 bridgehead atoms. The van der Waals surface area contributed by atoms with Gasteiger partial charge in [-0.05, 0) is 37.0 Å². The fraction of sp³-hybridized carbons (Fsp3) is 0.467. The predicted molar refractivity (Wildman–Crippen MR) is 71.0 cm³/mol. The summed E-state index contributed by atoms with van der Waals surface area (Å²) < 4.78 is 5.71. The molecule has 97 valence electrons. The van der Waals surface area contributed by atoms with Gasteiger partial charge >= 0.3 is 0 Å². The van der Waals surface area contributed by atoms with Gasteiger partial charge in [0.05, 0.1) is 6.61 Å².